The van der Waals surface area contributed by atoms with Crippen LogP contribution < -0.4 is 10.4 Å². The highest BCUT2D eigenvalue weighted by Crippen LogP contribution is 2.50. The first-order chi connectivity index (χ1) is 18.2. The molecule has 2 aliphatic carbocycles. The lowest BCUT2D eigenvalue weighted by atomic mass is 9.82. The summed E-state index contributed by atoms with van der Waals surface area (Å²) >= 11 is 0. The summed E-state index contributed by atoms with van der Waals surface area (Å²) in [5.74, 6) is 1.88. The molecule has 1 amide bonds. The third kappa shape index (κ3) is 5.64. The van der Waals surface area contributed by atoms with Crippen LogP contribution in [0.4, 0.5) is 5.69 Å². The van der Waals surface area contributed by atoms with Crippen LogP contribution in [0.5, 0.6) is 0 Å². The Balaban J connectivity index is 1.24. The van der Waals surface area contributed by atoms with E-state index in [0.29, 0.717) is 38.3 Å². The lowest BCUT2D eigenvalue weighted by Crippen LogP contribution is -2.51. The number of sulfonamides is 1. The van der Waals surface area contributed by atoms with Crippen LogP contribution in [0.1, 0.15) is 95.2 Å². The Labute approximate surface area is 234 Å². The van der Waals surface area contributed by atoms with Crippen molar-refractivity contribution in [3.05, 3.63) is 28.8 Å². The smallest absolute Gasteiger partial charge is 0.253 e. The third-order valence-corrected chi connectivity index (χ3v) is 11.5. The van der Waals surface area contributed by atoms with Crippen LogP contribution in [0.15, 0.2) is 17.1 Å². The molecule has 2 heterocycles. The normalized spacial score (nSPS) is 29.3. The molecule has 2 unspecified atom stereocenters. The summed E-state index contributed by atoms with van der Waals surface area (Å²) in [5.41, 5.74) is 3.18. The molecule has 2 saturated carbocycles. The van der Waals surface area contributed by atoms with Crippen LogP contribution in [-0.4, -0.2) is 61.0 Å². The topological polar surface area (TPSA) is 91.3 Å². The second kappa shape index (κ2) is 10.1. The maximum absolute atomic E-state index is 13.7. The van der Waals surface area contributed by atoms with Crippen molar-refractivity contribution in [1.82, 2.24) is 9.62 Å². The van der Waals surface area contributed by atoms with Gasteiger partial charge in [0.25, 0.3) is 5.91 Å². The van der Waals surface area contributed by atoms with Crippen molar-refractivity contribution in [2.24, 2.45) is 16.8 Å². The number of carbonyl (C=O) groups excluding carboxylic acids is 1. The molecule has 4 aliphatic rings. The third-order valence-electron chi connectivity index (χ3n) is 9.15. The van der Waals surface area contributed by atoms with Gasteiger partial charge in [-0.3, -0.25) is 19.7 Å². The predicted molar refractivity (Wildman–Crippen MR) is 155 cm³/mol. The standard InChI is InChI=1S/C30H46N4O4S/c1-19-8-10-22(11-9-19)27-31-28(35)30(32-27)12-14-34(15-13-30)39(36,37)25-18-24(25)26-20(2)16-23(17-21(26)3)33(7)38-29(4,5)6/h16-17,19,22,24-25H,8-15,18H2,1-7H3,(H,31,32,35). The number of amidine groups is 1. The summed E-state index contributed by atoms with van der Waals surface area (Å²) in [5, 5.41) is 4.47. The van der Waals surface area contributed by atoms with E-state index in [0.717, 1.165) is 47.0 Å². The molecule has 1 N–H and O–H groups in total. The number of benzene rings is 1. The van der Waals surface area contributed by atoms with Crippen molar-refractivity contribution in [2.45, 2.75) is 109 Å². The Morgan fingerprint density at radius 3 is 2.23 bits per heavy atom. The second-order valence-corrected chi connectivity index (χ2v) is 15.6. The van der Waals surface area contributed by atoms with E-state index in [1.165, 1.54) is 12.8 Å². The molecule has 3 fully saturated rings. The summed E-state index contributed by atoms with van der Waals surface area (Å²) in [4.78, 5) is 24.0. The molecule has 1 spiro atoms. The van der Waals surface area contributed by atoms with Gasteiger partial charge in [0, 0.05) is 32.0 Å². The van der Waals surface area contributed by atoms with E-state index in [4.69, 9.17) is 9.83 Å². The van der Waals surface area contributed by atoms with Gasteiger partial charge in [-0.1, -0.05) is 19.8 Å². The lowest BCUT2D eigenvalue weighted by Gasteiger charge is -2.35. The molecular formula is C30H46N4O4S. The van der Waals surface area contributed by atoms with Gasteiger partial charge in [0.15, 0.2) is 0 Å². The van der Waals surface area contributed by atoms with Gasteiger partial charge < -0.3 is 5.32 Å². The molecule has 2 atom stereocenters. The van der Waals surface area contributed by atoms with Crippen molar-refractivity contribution in [3.8, 4) is 0 Å². The number of nitrogens with zero attached hydrogens (tertiary/aromatic N) is 3. The zero-order chi connectivity index (χ0) is 28.3. The van der Waals surface area contributed by atoms with E-state index in [1.54, 1.807) is 9.37 Å². The maximum Gasteiger partial charge on any atom is 0.253 e. The predicted octanol–water partition coefficient (Wildman–Crippen LogP) is 4.84. The maximum atomic E-state index is 13.7. The van der Waals surface area contributed by atoms with Crippen molar-refractivity contribution in [2.75, 3.05) is 25.2 Å². The van der Waals surface area contributed by atoms with Crippen LogP contribution in [0.3, 0.4) is 0 Å². The number of aliphatic imine (C=N–C) groups is 1. The Kier molecular flexibility index (Phi) is 7.42. The number of aryl methyl sites for hydroxylation is 2. The van der Waals surface area contributed by atoms with E-state index in [-0.39, 0.29) is 17.4 Å². The van der Waals surface area contributed by atoms with Crippen LogP contribution in [0, 0.1) is 25.7 Å². The number of hydroxylamine groups is 1. The summed E-state index contributed by atoms with van der Waals surface area (Å²) < 4.78 is 29.0. The van der Waals surface area contributed by atoms with Gasteiger partial charge in [-0.05, 0) is 101 Å². The number of amides is 1. The summed E-state index contributed by atoms with van der Waals surface area (Å²) in [6.45, 7) is 13.2. The SMILES string of the molecule is Cc1cc(N(C)OC(C)(C)C)cc(C)c1C1CC1S(=O)(=O)N1CCC2(CC1)N=C(C1CCC(C)CC1)NC2=O. The zero-order valence-corrected chi connectivity index (χ0v) is 25.5. The van der Waals surface area contributed by atoms with Gasteiger partial charge in [0.2, 0.25) is 10.0 Å². The first-order valence-corrected chi connectivity index (χ1v) is 16.1. The summed E-state index contributed by atoms with van der Waals surface area (Å²) in [6.07, 6.45) is 6.03. The number of anilines is 1. The number of hydrogen-bond acceptors (Lipinski definition) is 6. The number of piperidine rings is 1. The Morgan fingerprint density at radius 1 is 1.08 bits per heavy atom. The first-order valence-electron chi connectivity index (χ1n) is 14.6. The Hall–Kier alpha value is -1.97. The van der Waals surface area contributed by atoms with E-state index in [2.05, 4.69) is 38.2 Å². The summed E-state index contributed by atoms with van der Waals surface area (Å²) in [7, 11) is -1.55. The molecule has 9 heteroatoms. The Morgan fingerprint density at radius 2 is 1.67 bits per heavy atom. The molecule has 0 aromatic heterocycles. The fourth-order valence-corrected chi connectivity index (χ4v) is 8.97. The quantitative estimate of drug-likeness (QED) is 0.505. The second-order valence-electron chi connectivity index (χ2n) is 13.5. The largest absolute Gasteiger partial charge is 0.312 e. The highest BCUT2D eigenvalue weighted by molar-refractivity contribution is 7.90. The molecule has 39 heavy (non-hydrogen) atoms. The molecule has 216 valence electrons. The van der Waals surface area contributed by atoms with Gasteiger partial charge in [-0.2, -0.15) is 0 Å². The van der Waals surface area contributed by atoms with Crippen LogP contribution in [-0.2, 0) is 19.7 Å². The molecule has 1 saturated heterocycles. The Bertz CT molecular complexity index is 1230. The highest BCUT2D eigenvalue weighted by atomic mass is 32.2. The molecule has 5 rings (SSSR count). The molecule has 1 aromatic rings. The van der Waals surface area contributed by atoms with E-state index < -0.39 is 20.8 Å². The van der Waals surface area contributed by atoms with Crippen molar-refractivity contribution >= 4 is 27.5 Å². The van der Waals surface area contributed by atoms with Gasteiger partial charge >= 0.3 is 0 Å². The minimum atomic E-state index is -3.46. The minimum absolute atomic E-state index is 0.00173. The number of nitrogens with one attached hydrogen (secondary N) is 1. The number of rotatable bonds is 6. The monoisotopic (exact) mass is 558 g/mol. The molecular weight excluding hydrogens is 512 g/mol. The molecule has 8 nitrogen and oxygen atoms in total. The van der Waals surface area contributed by atoms with Crippen LogP contribution in [0.25, 0.3) is 0 Å². The van der Waals surface area contributed by atoms with E-state index >= 15 is 0 Å². The number of carbonyl (C=O) groups is 1. The van der Waals surface area contributed by atoms with Crippen molar-refractivity contribution in [3.63, 3.8) is 0 Å². The molecule has 0 radical (unpaired) electrons. The fraction of sp³-hybridized carbons (Fsp3) is 0.733. The number of hydrogen-bond donors (Lipinski definition) is 1. The summed E-state index contributed by atoms with van der Waals surface area (Å²) in [6, 6.07) is 4.17. The van der Waals surface area contributed by atoms with Gasteiger partial charge in [-0.15, -0.1) is 0 Å². The fourth-order valence-electron chi connectivity index (χ4n) is 6.90. The van der Waals surface area contributed by atoms with Gasteiger partial charge in [0.05, 0.1) is 16.5 Å². The molecule has 1 aromatic carbocycles. The van der Waals surface area contributed by atoms with Crippen molar-refractivity contribution < 1.29 is 18.0 Å². The average Bonchev–Trinajstić information content (AvgIpc) is 3.58. The minimum Gasteiger partial charge on any atom is -0.312 e. The van der Waals surface area contributed by atoms with Gasteiger partial charge in [-0.25, -0.2) is 12.7 Å². The van der Waals surface area contributed by atoms with Crippen LogP contribution >= 0.6 is 0 Å². The first kappa shape index (κ1) is 28.6. The van der Waals surface area contributed by atoms with Crippen LogP contribution in [0.2, 0.25) is 0 Å². The highest BCUT2D eigenvalue weighted by Gasteiger charge is 2.54. The van der Waals surface area contributed by atoms with E-state index in [9.17, 15) is 13.2 Å². The zero-order valence-electron chi connectivity index (χ0n) is 24.7. The molecule has 0 bridgehead atoms. The van der Waals surface area contributed by atoms with Gasteiger partial charge in [0.1, 0.15) is 11.4 Å². The van der Waals surface area contributed by atoms with Crippen molar-refractivity contribution in [1.29, 1.82) is 0 Å². The van der Waals surface area contributed by atoms with E-state index in [1.807, 2.05) is 27.8 Å². The average molecular weight is 559 g/mol. The lowest BCUT2D eigenvalue weighted by molar-refractivity contribution is -0.125. The molecule has 2 aliphatic heterocycles.